The molecule has 0 atom stereocenters. The van der Waals surface area contributed by atoms with Gasteiger partial charge in [-0.2, -0.15) is 5.10 Å². The molecule has 41 heavy (non-hydrogen) atoms. The van der Waals surface area contributed by atoms with E-state index in [4.69, 9.17) is 4.42 Å². The number of sulfone groups is 1. The number of benzene rings is 3. The van der Waals surface area contributed by atoms with Crippen LogP contribution in [-0.4, -0.2) is 46.7 Å². The number of anilines is 2. The molecule has 0 spiro atoms. The molecule has 208 valence electrons. The largest absolute Gasteiger partial charge is 0.460 e. The lowest BCUT2D eigenvalue weighted by Crippen LogP contribution is -2.21. The van der Waals surface area contributed by atoms with E-state index in [1.54, 1.807) is 18.5 Å². The minimum absolute atomic E-state index is 0.0748. The van der Waals surface area contributed by atoms with Crippen molar-refractivity contribution in [2.75, 3.05) is 23.9 Å². The van der Waals surface area contributed by atoms with Crippen LogP contribution in [0.4, 0.5) is 15.9 Å². The van der Waals surface area contributed by atoms with E-state index in [0.717, 1.165) is 44.4 Å². The molecule has 6 rings (SSSR count). The summed E-state index contributed by atoms with van der Waals surface area (Å²) < 4.78 is 44.2. The predicted molar refractivity (Wildman–Crippen MR) is 157 cm³/mol. The number of aromatic nitrogens is 4. The van der Waals surface area contributed by atoms with Crippen LogP contribution >= 0.6 is 0 Å². The van der Waals surface area contributed by atoms with Crippen molar-refractivity contribution in [3.05, 3.63) is 103 Å². The lowest BCUT2D eigenvalue weighted by molar-refractivity contribution is 0.518. The first-order valence-electron chi connectivity index (χ1n) is 13.0. The maximum Gasteiger partial charge on any atom is 0.148 e. The van der Waals surface area contributed by atoms with Crippen molar-refractivity contribution >= 4 is 43.2 Å². The second-order valence-electron chi connectivity index (χ2n) is 9.89. The second kappa shape index (κ2) is 11.1. The molecule has 9 nitrogen and oxygen atoms in total. The zero-order chi connectivity index (χ0) is 28.4. The third-order valence-electron chi connectivity index (χ3n) is 6.67. The number of fused-ring (bicyclic) bond motifs is 2. The van der Waals surface area contributed by atoms with Gasteiger partial charge in [0.05, 0.1) is 30.6 Å². The fraction of sp³-hybridized carbons (Fsp3) is 0.167. The van der Waals surface area contributed by atoms with Crippen molar-refractivity contribution in [3.63, 3.8) is 0 Å². The Morgan fingerprint density at radius 3 is 2.76 bits per heavy atom. The highest BCUT2D eigenvalue weighted by Crippen LogP contribution is 2.32. The third kappa shape index (κ3) is 6.26. The molecule has 0 radical (unpaired) electrons. The Labute approximate surface area is 236 Å². The molecule has 6 aromatic rings. The van der Waals surface area contributed by atoms with Gasteiger partial charge in [-0.3, -0.25) is 4.68 Å². The molecule has 3 heterocycles. The normalized spacial score (nSPS) is 11.9. The summed E-state index contributed by atoms with van der Waals surface area (Å²) in [5.74, 6) is 1.17. The minimum Gasteiger partial charge on any atom is -0.460 e. The molecule has 0 aliphatic carbocycles. The van der Waals surface area contributed by atoms with Crippen LogP contribution in [0, 0.1) is 5.82 Å². The first-order chi connectivity index (χ1) is 19.8. The number of hydrogen-bond acceptors (Lipinski definition) is 8. The number of nitrogens with one attached hydrogen (secondary N) is 2. The molecule has 0 amide bonds. The van der Waals surface area contributed by atoms with E-state index in [0.29, 0.717) is 31.0 Å². The van der Waals surface area contributed by atoms with Crippen LogP contribution in [0.25, 0.3) is 33.0 Å². The van der Waals surface area contributed by atoms with Crippen molar-refractivity contribution in [1.82, 2.24) is 25.1 Å². The molecule has 11 heteroatoms. The Morgan fingerprint density at radius 2 is 1.90 bits per heavy atom. The predicted octanol–water partition coefficient (Wildman–Crippen LogP) is 5.30. The molecule has 0 fully saturated rings. The topological polar surface area (TPSA) is 115 Å². The summed E-state index contributed by atoms with van der Waals surface area (Å²) in [6, 6.07) is 20.3. The van der Waals surface area contributed by atoms with Gasteiger partial charge in [-0.15, -0.1) is 0 Å². The highest BCUT2D eigenvalue weighted by Gasteiger charge is 2.12. The number of nitrogens with zero attached hydrogens (tertiary/aromatic N) is 4. The maximum atomic E-state index is 13.6. The minimum atomic E-state index is -3.02. The standard InChI is InChI=1S/C30H27FN6O3S/c1-41(38,39)10-9-32-16-26-13-22-6-5-21(14-29(22)40-26)27-17-33-19-34-30(27)36-25-7-8-28-23(12-25)15-35-37(28)18-20-3-2-4-24(31)11-20/h2-8,11-15,17,19,32H,9-10,16,18H2,1H3,(H,33,34,36). The molecule has 0 saturated carbocycles. The molecular formula is C30H27FN6O3S. The van der Waals surface area contributed by atoms with E-state index in [1.165, 1.54) is 24.7 Å². The second-order valence-corrected chi connectivity index (χ2v) is 12.1. The maximum absolute atomic E-state index is 13.6. The summed E-state index contributed by atoms with van der Waals surface area (Å²) in [5, 5.41) is 12.9. The fourth-order valence-electron chi connectivity index (χ4n) is 4.69. The van der Waals surface area contributed by atoms with E-state index in [2.05, 4.69) is 25.7 Å². The van der Waals surface area contributed by atoms with Gasteiger partial charge in [0.1, 0.15) is 39.1 Å². The van der Waals surface area contributed by atoms with Crippen LogP contribution in [0.2, 0.25) is 0 Å². The van der Waals surface area contributed by atoms with Gasteiger partial charge in [-0.25, -0.2) is 22.8 Å². The molecule has 0 saturated heterocycles. The molecule has 0 aliphatic heterocycles. The summed E-state index contributed by atoms with van der Waals surface area (Å²) in [7, 11) is -3.02. The first kappa shape index (κ1) is 26.6. The van der Waals surface area contributed by atoms with Crippen molar-refractivity contribution in [2.45, 2.75) is 13.1 Å². The van der Waals surface area contributed by atoms with Gasteiger partial charge in [0.25, 0.3) is 0 Å². The zero-order valence-corrected chi connectivity index (χ0v) is 23.0. The van der Waals surface area contributed by atoms with Crippen molar-refractivity contribution in [2.24, 2.45) is 0 Å². The Morgan fingerprint density at radius 1 is 1.00 bits per heavy atom. The van der Waals surface area contributed by atoms with Gasteiger partial charge in [0.2, 0.25) is 0 Å². The van der Waals surface area contributed by atoms with Crippen LogP contribution in [-0.2, 0) is 22.9 Å². The summed E-state index contributed by atoms with van der Waals surface area (Å²) in [5.41, 5.74) is 5.02. The molecule has 3 aromatic heterocycles. The first-order valence-corrected chi connectivity index (χ1v) is 15.1. The number of hydrogen-bond donors (Lipinski definition) is 2. The summed E-state index contributed by atoms with van der Waals surface area (Å²) in [4.78, 5) is 8.72. The Bertz CT molecular complexity index is 1970. The number of halogens is 1. The zero-order valence-electron chi connectivity index (χ0n) is 22.2. The lowest BCUT2D eigenvalue weighted by Gasteiger charge is -2.11. The van der Waals surface area contributed by atoms with Gasteiger partial charge < -0.3 is 15.1 Å². The number of furan rings is 1. The Balaban J connectivity index is 1.20. The van der Waals surface area contributed by atoms with E-state index in [9.17, 15) is 12.8 Å². The quantitative estimate of drug-likeness (QED) is 0.213. The highest BCUT2D eigenvalue weighted by molar-refractivity contribution is 7.90. The van der Waals surface area contributed by atoms with E-state index in [1.807, 2.05) is 53.2 Å². The average molecular weight is 571 g/mol. The Kier molecular flexibility index (Phi) is 7.21. The Hall–Kier alpha value is -4.61. The molecule has 0 bridgehead atoms. The van der Waals surface area contributed by atoms with Crippen LogP contribution in [0.15, 0.2) is 89.9 Å². The lowest BCUT2D eigenvalue weighted by atomic mass is 10.1. The van der Waals surface area contributed by atoms with Crippen molar-refractivity contribution in [1.29, 1.82) is 0 Å². The smallest absolute Gasteiger partial charge is 0.148 e. The number of rotatable bonds is 10. The van der Waals surface area contributed by atoms with Crippen LogP contribution < -0.4 is 10.6 Å². The van der Waals surface area contributed by atoms with Crippen molar-refractivity contribution < 1.29 is 17.2 Å². The molecule has 3 aromatic carbocycles. The fourth-order valence-corrected chi connectivity index (χ4v) is 5.20. The van der Waals surface area contributed by atoms with Gasteiger partial charge >= 0.3 is 0 Å². The average Bonchev–Trinajstić information content (AvgIpc) is 3.54. The van der Waals surface area contributed by atoms with E-state index >= 15 is 0 Å². The summed E-state index contributed by atoms with van der Waals surface area (Å²) >= 11 is 0. The molecule has 0 unspecified atom stereocenters. The van der Waals surface area contributed by atoms with E-state index < -0.39 is 9.84 Å². The highest BCUT2D eigenvalue weighted by atomic mass is 32.2. The summed E-state index contributed by atoms with van der Waals surface area (Å²) in [6.07, 6.45) is 6.26. The molecule has 2 N–H and O–H groups in total. The van der Waals surface area contributed by atoms with Crippen molar-refractivity contribution in [3.8, 4) is 11.1 Å². The van der Waals surface area contributed by atoms with Crippen LogP contribution in [0.1, 0.15) is 11.3 Å². The van der Waals surface area contributed by atoms with Gasteiger partial charge in [0.15, 0.2) is 0 Å². The monoisotopic (exact) mass is 570 g/mol. The van der Waals surface area contributed by atoms with Gasteiger partial charge in [-0.05, 0) is 53.6 Å². The van der Waals surface area contributed by atoms with E-state index in [-0.39, 0.29) is 11.6 Å². The SMILES string of the molecule is CS(=O)(=O)CCNCc1cc2ccc(-c3cncnc3Nc3ccc4c(cnn4Cc4cccc(F)c4)c3)cc2o1. The summed E-state index contributed by atoms with van der Waals surface area (Å²) in [6.45, 7) is 1.26. The van der Waals surface area contributed by atoms with Crippen LogP contribution in [0.3, 0.4) is 0 Å². The molecule has 0 aliphatic rings. The molecular weight excluding hydrogens is 543 g/mol. The van der Waals surface area contributed by atoms with Gasteiger partial charge in [-0.1, -0.05) is 24.3 Å². The third-order valence-corrected chi connectivity index (χ3v) is 7.61. The van der Waals surface area contributed by atoms with Crippen LogP contribution in [0.5, 0.6) is 0 Å². The van der Waals surface area contributed by atoms with Gasteiger partial charge in [0, 0.05) is 41.0 Å².